The van der Waals surface area contributed by atoms with Gasteiger partial charge in [-0.2, -0.15) is 0 Å². The van der Waals surface area contributed by atoms with E-state index in [1.807, 2.05) is 12.1 Å². The first-order valence-electron chi connectivity index (χ1n) is 15.7. The molecule has 0 spiro atoms. The number of hydrogen-bond donors (Lipinski definition) is 2. The fraction of sp³-hybridized carbons (Fsp3) is 0.818. The second kappa shape index (κ2) is 13.3. The third kappa shape index (κ3) is 6.72. The van der Waals surface area contributed by atoms with Gasteiger partial charge in [0.05, 0.1) is 6.10 Å². The molecule has 0 bridgehead atoms. The van der Waals surface area contributed by atoms with Crippen molar-refractivity contribution in [3.63, 3.8) is 0 Å². The highest BCUT2D eigenvalue weighted by Gasteiger charge is 2.59. The molecule has 4 heteroatoms. The zero-order valence-corrected chi connectivity index (χ0v) is 23.9. The maximum Gasteiger partial charge on any atom is 0.115 e. The van der Waals surface area contributed by atoms with Gasteiger partial charge in [0.25, 0.3) is 0 Å². The molecule has 37 heavy (non-hydrogen) atoms. The Bertz CT molecular complexity index is 846. The van der Waals surface area contributed by atoms with Gasteiger partial charge in [0.2, 0.25) is 0 Å². The lowest BCUT2D eigenvalue weighted by molar-refractivity contribution is -0.0722. The molecule has 1 aromatic carbocycles. The Morgan fingerprint density at radius 2 is 1.65 bits per heavy atom. The molecule has 3 nitrogen and oxygen atoms in total. The fourth-order valence-corrected chi connectivity index (χ4v) is 8.45. The predicted octanol–water partition coefficient (Wildman–Crippen LogP) is 8.03. The largest absolute Gasteiger partial charge is 0.508 e. The highest BCUT2D eigenvalue weighted by Crippen LogP contribution is 2.63. The van der Waals surface area contributed by atoms with Gasteiger partial charge in [0.1, 0.15) is 11.9 Å². The number of phenols is 1. The molecule has 3 aliphatic rings. The second-order valence-corrected chi connectivity index (χ2v) is 13.1. The Kier molecular flexibility index (Phi) is 10.4. The number of aromatic hydroxyl groups is 1. The van der Waals surface area contributed by atoms with Crippen molar-refractivity contribution in [2.24, 2.45) is 23.2 Å². The summed E-state index contributed by atoms with van der Waals surface area (Å²) in [5.41, 5.74) is 2.00. The summed E-state index contributed by atoms with van der Waals surface area (Å²) in [6.45, 7) is 6.81. The number of rotatable bonds is 14. The van der Waals surface area contributed by atoms with Crippen LogP contribution in [0.15, 0.2) is 18.2 Å². The van der Waals surface area contributed by atoms with Crippen LogP contribution in [0.1, 0.15) is 121 Å². The summed E-state index contributed by atoms with van der Waals surface area (Å²) >= 11 is 0. The Balaban J connectivity index is 1.28. The number of benzene rings is 1. The van der Waals surface area contributed by atoms with Crippen molar-refractivity contribution in [1.82, 2.24) is 4.90 Å². The standard InChI is InChI=1S/C33H54FNO2/c1-4-5-6-7-8-9-12-19-35(3)20-13-10-11-14-24-21-25-22-26(36)15-16-27(25)32-29(34)23-33(2)28(31(24)32)17-18-30(33)37/h15-16,22,24,28-32,36-37H,4-14,17-21,23H2,1-3H3/t24-,28+,29+,30+,31+,32+,33+/m1/s1. The Morgan fingerprint density at radius 3 is 2.38 bits per heavy atom. The minimum atomic E-state index is -0.912. The van der Waals surface area contributed by atoms with Gasteiger partial charge in [-0.3, -0.25) is 0 Å². The van der Waals surface area contributed by atoms with E-state index in [0.29, 0.717) is 29.9 Å². The van der Waals surface area contributed by atoms with E-state index in [2.05, 4.69) is 25.8 Å². The highest BCUT2D eigenvalue weighted by molar-refractivity contribution is 5.41. The number of aliphatic hydroxyl groups is 1. The smallest absolute Gasteiger partial charge is 0.115 e. The van der Waals surface area contributed by atoms with E-state index >= 15 is 4.39 Å². The van der Waals surface area contributed by atoms with Gasteiger partial charge in [0.15, 0.2) is 0 Å². The van der Waals surface area contributed by atoms with E-state index < -0.39 is 6.17 Å². The molecule has 2 fully saturated rings. The third-order valence-electron chi connectivity index (χ3n) is 10.5. The molecular weight excluding hydrogens is 461 g/mol. The number of fused-ring (bicyclic) bond motifs is 5. The number of unbranched alkanes of at least 4 members (excludes halogenated alkanes) is 8. The third-order valence-corrected chi connectivity index (χ3v) is 10.5. The molecule has 0 heterocycles. The minimum absolute atomic E-state index is 0.0779. The molecule has 0 aromatic heterocycles. The quantitative estimate of drug-likeness (QED) is 0.247. The number of phenolic OH excluding ortho intramolecular Hbond substituents is 1. The molecule has 0 saturated heterocycles. The van der Waals surface area contributed by atoms with Crippen molar-refractivity contribution in [3.05, 3.63) is 29.3 Å². The van der Waals surface area contributed by atoms with Crippen LogP contribution in [0, 0.1) is 23.2 Å². The average Bonchev–Trinajstić information content (AvgIpc) is 3.16. The normalized spacial score (nSPS) is 32.8. The van der Waals surface area contributed by atoms with Gasteiger partial charge < -0.3 is 15.1 Å². The average molecular weight is 516 g/mol. The Labute approximate surface area is 226 Å². The Hall–Kier alpha value is -1.13. The molecule has 1 aromatic rings. The van der Waals surface area contributed by atoms with E-state index in [1.165, 1.54) is 77.3 Å². The van der Waals surface area contributed by atoms with Gasteiger partial charge in [-0.25, -0.2) is 4.39 Å². The lowest BCUT2D eigenvalue weighted by Gasteiger charge is -2.54. The van der Waals surface area contributed by atoms with Crippen LogP contribution in [0.5, 0.6) is 5.75 Å². The van der Waals surface area contributed by atoms with E-state index in [-0.39, 0.29) is 17.4 Å². The second-order valence-electron chi connectivity index (χ2n) is 13.1. The molecule has 0 aliphatic heterocycles. The van der Waals surface area contributed by atoms with E-state index in [0.717, 1.165) is 36.8 Å². The maximum absolute atomic E-state index is 15.9. The summed E-state index contributed by atoms with van der Waals surface area (Å²) in [4.78, 5) is 2.50. The van der Waals surface area contributed by atoms with Crippen molar-refractivity contribution >= 4 is 0 Å². The maximum atomic E-state index is 15.9. The van der Waals surface area contributed by atoms with Crippen LogP contribution in [0.3, 0.4) is 0 Å². The van der Waals surface area contributed by atoms with Crippen molar-refractivity contribution in [2.45, 2.75) is 128 Å². The SMILES string of the molecule is CCCCCCCCCN(C)CCCCC[C@@H]1Cc2cc(O)ccc2[C@@H]2[C@@H]1[C@@H]1CC[C@H](O)[C@@]1(C)C[C@@H]2F. The number of nitrogens with zero attached hydrogens (tertiary/aromatic N) is 1. The Morgan fingerprint density at radius 1 is 0.973 bits per heavy atom. The van der Waals surface area contributed by atoms with Gasteiger partial charge in [-0.05, 0) is 112 Å². The zero-order valence-electron chi connectivity index (χ0n) is 23.9. The number of alkyl halides is 1. The van der Waals surface area contributed by atoms with E-state index in [1.54, 1.807) is 6.07 Å². The van der Waals surface area contributed by atoms with Crippen LogP contribution < -0.4 is 0 Å². The number of aliphatic hydroxyl groups excluding tert-OH is 1. The monoisotopic (exact) mass is 515 g/mol. The summed E-state index contributed by atoms with van der Waals surface area (Å²) in [6, 6.07) is 5.62. The van der Waals surface area contributed by atoms with Crippen LogP contribution >= 0.6 is 0 Å². The molecule has 0 unspecified atom stereocenters. The summed E-state index contributed by atoms with van der Waals surface area (Å²) in [6.07, 6.45) is 16.3. The van der Waals surface area contributed by atoms with Crippen molar-refractivity contribution in [3.8, 4) is 5.75 Å². The minimum Gasteiger partial charge on any atom is -0.508 e. The van der Waals surface area contributed by atoms with Crippen LogP contribution in [-0.4, -0.2) is 47.5 Å². The van der Waals surface area contributed by atoms with E-state index in [9.17, 15) is 10.2 Å². The van der Waals surface area contributed by atoms with Crippen LogP contribution in [0.2, 0.25) is 0 Å². The first-order chi connectivity index (χ1) is 17.8. The molecule has 3 aliphatic carbocycles. The zero-order chi connectivity index (χ0) is 26.4. The molecule has 2 N–H and O–H groups in total. The molecule has 7 atom stereocenters. The van der Waals surface area contributed by atoms with Crippen molar-refractivity contribution in [1.29, 1.82) is 0 Å². The summed E-state index contributed by atoms with van der Waals surface area (Å²) in [5.74, 6) is 1.37. The molecule has 0 radical (unpaired) electrons. The fourth-order valence-electron chi connectivity index (χ4n) is 8.45. The summed E-state index contributed by atoms with van der Waals surface area (Å²) in [7, 11) is 2.27. The molecule has 2 saturated carbocycles. The summed E-state index contributed by atoms with van der Waals surface area (Å²) < 4.78 is 15.9. The molecular formula is C33H54FNO2. The lowest BCUT2D eigenvalue weighted by Crippen LogP contribution is -2.51. The predicted molar refractivity (Wildman–Crippen MR) is 152 cm³/mol. The van der Waals surface area contributed by atoms with Gasteiger partial charge in [-0.1, -0.05) is 71.3 Å². The first-order valence-corrected chi connectivity index (χ1v) is 15.7. The lowest BCUT2D eigenvalue weighted by atomic mass is 9.51. The van der Waals surface area contributed by atoms with Crippen molar-refractivity contribution in [2.75, 3.05) is 20.1 Å². The molecule has 210 valence electrons. The van der Waals surface area contributed by atoms with Crippen LogP contribution in [0.4, 0.5) is 4.39 Å². The first kappa shape index (κ1) is 28.9. The number of halogens is 1. The van der Waals surface area contributed by atoms with Gasteiger partial charge in [-0.15, -0.1) is 0 Å². The van der Waals surface area contributed by atoms with Crippen LogP contribution in [0.25, 0.3) is 0 Å². The van der Waals surface area contributed by atoms with Crippen LogP contribution in [-0.2, 0) is 6.42 Å². The van der Waals surface area contributed by atoms with Gasteiger partial charge in [0, 0.05) is 5.92 Å². The number of hydrogen-bond acceptors (Lipinski definition) is 3. The molecule has 0 amide bonds. The van der Waals surface area contributed by atoms with E-state index in [4.69, 9.17) is 0 Å². The summed E-state index contributed by atoms with van der Waals surface area (Å²) in [5, 5.41) is 21.0. The van der Waals surface area contributed by atoms with Gasteiger partial charge >= 0.3 is 0 Å². The van der Waals surface area contributed by atoms with Crippen molar-refractivity contribution < 1.29 is 14.6 Å². The highest BCUT2D eigenvalue weighted by atomic mass is 19.1. The molecule has 4 rings (SSSR count). The topological polar surface area (TPSA) is 43.7 Å².